The highest BCUT2D eigenvalue weighted by atomic mass is 16.6. The number of fused-ring (bicyclic) bond motifs is 8. The molecule has 116 heavy (non-hydrogen) atoms. The molecule has 4 aromatic rings. The summed E-state index contributed by atoms with van der Waals surface area (Å²) in [6.45, 7) is 15.4. The number of para-hydroxylation sites is 1. The molecule has 0 radical (unpaired) electrons. The summed E-state index contributed by atoms with van der Waals surface area (Å²) in [5, 5.41) is 22.5. The highest BCUT2D eigenvalue weighted by Crippen LogP contribution is 2.64. The molecule has 4 aromatic carbocycles. The quantitative estimate of drug-likeness (QED) is 0.0112. The fourth-order valence-corrected chi connectivity index (χ4v) is 19.1. The van der Waals surface area contributed by atoms with Crippen LogP contribution >= 0.6 is 0 Å². The zero-order chi connectivity index (χ0) is 83.0. The Bertz CT molecular complexity index is 4150. The number of anilines is 3. The lowest BCUT2D eigenvalue weighted by molar-refractivity contribution is -0.161. The van der Waals surface area contributed by atoms with E-state index in [1.54, 1.807) is 43.0 Å². The van der Waals surface area contributed by atoms with Gasteiger partial charge in [0, 0.05) is 67.4 Å². The summed E-state index contributed by atoms with van der Waals surface area (Å²) >= 11 is 0. The highest BCUT2D eigenvalue weighted by molar-refractivity contribution is 6.02. The van der Waals surface area contributed by atoms with Crippen LogP contribution in [0.2, 0.25) is 0 Å². The molecule has 1 aliphatic heterocycles. The van der Waals surface area contributed by atoms with Crippen LogP contribution in [-0.2, 0) is 87.0 Å². The van der Waals surface area contributed by atoms with E-state index in [4.69, 9.17) is 40.9 Å². The van der Waals surface area contributed by atoms with Crippen LogP contribution in [0.3, 0.4) is 0 Å². The second-order valence-electron chi connectivity index (χ2n) is 33.8. The van der Waals surface area contributed by atoms with Gasteiger partial charge in [0.25, 0.3) is 0 Å². The number of rotatable bonds is 39. The van der Waals surface area contributed by atoms with Crippen molar-refractivity contribution in [2.45, 2.75) is 219 Å². The minimum atomic E-state index is -1.08. The van der Waals surface area contributed by atoms with Crippen LogP contribution < -0.4 is 64.6 Å². The Morgan fingerprint density at radius 1 is 0.578 bits per heavy atom. The van der Waals surface area contributed by atoms with E-state index in [1.165, 1.54) is 12.0 Å². The van der Waals surface area contributed by atoms with Gasteiger partial charge in [-0.05, 0) is 208 Å². The number of urea groups is 1. The van der Waals surface area contributed by atoms with E-state index < -0.39 is 58.8 Å². The first kappa shape index (κ1) is 89.1. The molecule has 1 heterocycles. The second kappa shape index (κ2) is 42.2. The van der Waals surface area contributed by atoms with E-state index in [0.717, 1.165) is 98.6 Å². The molecule has 4 fully saturated rings. The molecule has 0 aromatic heterocycles. The molecular formula is C89H124N12O15. The second-order valence-corrected chi connectivity index (χ2v) is 33.8. The summed E-state index contributed by atoms with van der Waals surface area (Å²) in [5.41, 5.74) is 23.8. The van der Waals surface area contributed by atoms with Gasteiger partial charge in [-0.15, -0.1) is 0 Å². The maximum absolute atomic E-state index is 14.8. The van der Waals surface area contributed by atoms with Crippen molar-refractivity contribution in [1.82, 2.24) is 31.9 Å². The topological polar surface area (TPSA) is 394 Å². The van der Waals surface area contributed by atoms with Gasteiger partial charge in [0.15, 0.2) is 0 Å². The van der Waals surface area contributed by atoms with Crippen LogP contribution in [0.1, 0.15) is 203 Å². The van der Waals surface area contributed by atoms with Gasteiger partial charge in [-0.2, -0.15) is 0 Å². The minimum Gasteiger partial charge on any atom is -0.445 e. The van der Waals surface area contributed by atoms with Gasteiger partial charge in [-0.25, -0.2) is 9.59 Å². The molecule has 630 valence electrons. The van der Waals surface area contributed by atoms with E-state index in [0.29, 0.717) is 87.4 Å². The Balaban J connectivity index is 0.566. The Labute approximate surface area is 683 Å². The number of amides is 11. The SMILES string of the molecule is CC(C)C(NC(=O)CCOCCOCCOCCOCCNC(=O)CCC(=O)N1Cc2ccccc2C#Cc2ccccc21)C(=O)NC(CCCNC(N)=O)C(=O)Nc1ccc(COC(=O)NCCCCC(N)C(=O)Nc2ccc3c(c2)C2(C)CCCC(C)(C(=O)NC(=O)C4(C)CCCC5(C)C6CC(N)CCC6CCC45)C2CC3)cc1. The lowest BCUT2D eigenvalue weighted by Gasteiger charge is -2.61. The largest absolute Gasteiger partial charge is 0.445 e. The van der Waals surface area contributed by atoms with Crippen molar-refractivity contribution < 1.29 is 71.6 Å². The third kappa shape index (κ3) is 23.5. The number of nitrogens with zero attached hydrogens (tertiary/aromatic N) is 1. The number of carbonyl (C=O) groups is 10. The molecule has 11 amide bonds. The van der Waals surface area contributed by atoms with Crippen LogP contribution in [0.5, 0.6) is 0 Å². The summed E-state index contributed by atoms with van der Waals surface area (Å²) in [4.78, 5) is 136. The van der Waals surface area contributed by atoms with Crippen LogP contribution in [0.25, 0.3) is 0 Å². The Morgan fingerprint density at radius 2 is 1.22 bits per heavy atom. The van der Waals surface area contributed by atoms with Gasteiger partial charge in [-0.1, -0.05) is 115 Å². The number of carbonyl (C=O) groups excluding carboxylic acids is 10. The van der Waals surface area contributed by atoms with E-state index in [1.807, 2.05) is 54.6 Å². The molecule has 0 saturated heterocycles. The molecule has 0 bridgehead atoms. The Kier molecular flexibility index (Phi) is 32.4. The number of unbranched alkanes of at least 4 members (excludes halogenated alkanes) is 1. The number of imide groups is 1. The monoisotopic (exact) mass is 1600 g/mol. The molecule has 6 aliphatic rings. The summed E-state index contributed by atoms with van der Waals surface area (Å²) < 4.78 is 27.8. The Morgan fingerprint density at radius 3 is 1.94 bits per heavy atom. The van der Waals surface area contributed by atoms with E-state index >= 15 is 0 Å². The first-order valence-electron chi connectivity index (χ1n) is 42.0. The third-order valence-corrected chi connectivity index (χ3v) is 25.5. The van der Waals surface area contributed by atoms with Crippen molar-refractivity contribution in [3.8, 4) is 11.8 Å². The smallest absolute Gasteiger partial charge is 0.407 e. The first-order valence-corrected chi connectivity index (χ1v) is 42.0. The number of hydrogen-bond acceptors (Lipinski definition) is 17. The molecule has 14 N–H and O–H groups in total. The molecule has 27 heteroatoms. The first-order chi connectivity index (χ1) is 55.7. The van der Waals surface area contributed by atoms with Crippen molar-refractivity contribution in [3.63, 3.8) is 0 Å². The van der Waals surface area contributed by atoms with Gasteiger partial charge < -0.3 is 83.0 Å². The molecule has 27 nitrogen and oxygen atoms in total. The van der Waals surface area contributed by atoms with Crippen molar-refractivity contribution in [1.29, 1.82) is 0 Å². The van der Waals surface area contributed by atoms with Crippen molar-refractivity contribution in [2.24, 2.45) is 63.0 Å². The average Bonchev–Trinajstić information content (AvgIpc) is 0.721. The van der Waals surface area contributed by atoms with E-state index in [-0.39, 0.29) is 149 Å². The third-order valence-electron chi connectivity index (χ3n) is 25.5. The predicted molar refractivity (Wildman–Crippen MR) is 442 cm³/mol. The fourth-order valence-electron chi connectivity index (χ4n) is 19.1. The van der Waals surface area contributed by atoms with Crippen molar-refractivity contribution >= 4 is 76.4 Å². The molecule has 12 unspecified atom stereocenters. The molecule has 12 atom stereocenters. The van der Waals surface area contributed by atoms with Gasteiger partial charge in [0.05, 0.1) is 82.0 Å². The fraction of sp³-hybridized carbons (Fsp3) is 0.596. The highest BCUT2D eigenvalue weighted by Gasteiger charge is 2.61. The number of hydrogen-bond donors (Lipinski definition) is 11. The normalized spacial score (nSPS) is 23.7. The lowest BCUT2D eigenvalue weighted by atomic mass is 9.44. The lowest BCUT2D eigenvalue weighted by Crippen LogP contribution is -2.61. The summed E-state index contributed by atoms with van der Waals surface area (Å²) in [6, 6.07) is 24.5. The summed E-state index contributed by atoms with van der Waals surface area (Å²) in [7, 11) is 0. The maximum Gasteiger partial charge on any atom is 0.407 e. The number of aryl methyl sites for hydroxylation is 1. The van der Waals surface area contributed by atoms with Crippen molar-refractivity contribution in [2.75, 3.05) is 88.0 Å². The van der Waals surface area contributed by atoms with Gasteiger partial charge in [0.2, 0.25) is 47.3 Å². The van der Waals surface area contributed by atoms with Crippen molar-refractivity contribution in [3.05, 3.63) is 124 Å². The van der Waals surface area contributed by atoms with E-state index in [9.17, 15) is 47.9 Å². The number of benzene rings is 4. The molecule has 10 rings (SSSR count). The number of nitrogens with one attached hydrogen (secondary N) is 8. The van der Waals surface area contributed by atoms with Crippen LogP contribution in [0.4, 0.5) is 26.7 Å². The van der Waals surface area contributed by atoms with Crippen LogP contribution in [0.15, 0.2) is 91.0 Å². The zero-order valence-electron chi connectivity index (χ0n) is 68.7. The van der Waals surface area contributed by atoms with Gasteiger partial charge >= 0.3 is 12.1 Å². The molecule has 0 spiro atoms. The predicted octanol–water partition coefficient (Wildman–Crippen LogP) is 9.36. The Hall–Kier alpha value is -9.30. The number of ether oxygens (including phenoxy) is 5. The van der Waals surface area contributed by atoms with Crippen LogP contribution in [0, 0.1) is 57.7 Å². The standard InChI is InChI=1S/C89H124N12O15/c1-58(2)78(99-76(103)38-46-112-48-50-114-52-53-115-51-49-113-47-45-93-75(102)36-37-77(104)101-56-64-18-8-7-16-60(64)24-25-63-17-9-10-21-72(63)101)81(107)98-71(20-13-44-94-84(92)110)80(106)96-66-31-22-59(23-32-66)57-116-85(111)95-43-12-11-19-70(91)79(105)97-67-33-27-62-29-35-74-87(4,69(62)55-67)40-15-42-89(74,6)83(109)100-82(108)88(5)41-14-39-86(3)68-54-65(90)30-26-61(68)28-34-73(86)88/h7-10,16-18,21-23,27,31-33,55,58,61,65,68,70-71,73-74,78H,11-15,19-20,26,28-30,34-54,56-57,90-91H2,1-6H3,(H,93,102)(H,95,111)(H,96,106)(H,97,105)(H,98,107)(H,99,103)(H3,92,94,110)(H,100,108,109). The maximum atomic E-state index is 14.8. The van der Waals surface area contributed by atoms with Crippen LogP contribution in [-0.4, -0.2) is 156 Å². The number of primary amides is 1. The molecule has 5 aliphatic carbocycles. The molecule has 4 saturated carbocycles. The average molecular weight is 1600 g/mol. The van der Waals surface area contributed by atoms with Gasteiger partial charge in [-0.3, -0.25) is 43.7 Å². The zero-order valence-corrected chi connectivity index (χ0v) is 68.7. The summed E-state index contributed by atoms with van der Waals surface area (Å²) in [5.74, 6) is 4.80. The minimum absolute atomic E-state index is 0.0150. The number of nitrogens with two attached hydrogens (primary N) is 3. The molecular weight excluding hydrogens is 1480 g/mol. The number of alkyl carbamates (subject to hydrolysis) is 1. The van der Waals surface area contributed by atoms with Gasteiger partial charge in [0.1, 0.15) is 18.7 Å². The summed E-state index contributed by atoms with van der Waals surface area (Å²) in [6.07, 6.45) is 13.5. The van der Waals surface area contributed by atoms with E-state index in [2.05, 4.69) is 94.2 Å².